The van der Waals surface area contributed by atoms with E-state index in [1.165, 1.54) is 13.2 Å². The standard InChI is InChI=1S/C21H23ClFNO5/c1-27-19-11-14(20-12-24(9-10-28-20)8-7-21(25)26)5-6-18(19)29-13-15-16(22)3-2-4-17(15)23/h2-6,11,20H,7-10,12-13H2,1H3,(H,25,26). The van der Waals surface area contributed by atoms with Gasteiger partial charge in [0.1, 0.15) is 12.4 Å². The largest absolute Gasteiger partial charge is 0.493 e. The van der Waals surface area contributed by atoms with E-state index in [9.17, 15) is 9.18 Å². The summed E-state index contributed by atoms with van der Waals surface area (Å²) in [6.07, 6.45) is -0.0944. The summed E-state index contributed by atoms with van der Waals surface area (Å²) in [5, 5.41) is 9.18. The Labute approximate surface area is 173 Å². The minimum atomic E-state index is -0.814. The van der Waals surface area contributed by atoms with Gasteiger partial charge < -0.3 is 19.3 Å². The lowest BCUT2D eigenvalue weighted by Crippen LogP contribution is -2.39. The molecule has 0 aromatic heterocycles. The van der Waals surface area contributed by atoms with E-state index < -0.39 is 11.8 Å². The van der Waals surface area contributed by atoms with Crippen molar-refractivity contribution in [1.82, 2.24) is 4.90 Å². The van der Waals surface area contributed by atoms with Crippen LogP contribution in [0.5, 0.6) is 11.5 Å². The molecule has 1 N–H and O–H groups in total. The highest BCUT2D eigenvalue weighted by Crippen LogP contribution is 2.33. The number of benzene rings is 2. The normalized spacial score (nSPS) is 17.1. The van der Waals surface area contributed by atoms with Crippen molar-refractivity contribution in [2.45, 2.75) is 19.1 Å². The molecule has 0 amide bonds. The molecule has 29 heavy (non-hydrogen) atoms. The van der Waals surface area contributed by atoms with E-state index >= 15 is 0 Å². The van der Waals surface area contributed by atoms with Crippen LogP contribution < -0.4 is 9.47 Å². The van der Waals surface area contributed by atoms with Crippen LogP contribution in [0, 0.1) is 5.82 Å². The Kier molecular flexibility index (Phi) is 7.30. The lowest BCUT2D eigenvalue weighted by molar-refractivity contribution is -0.137. The number of carbonyl (C=O) groups is 1. The van der Waals surface area contributed by atoms with Gasteiger partial charge in [0.2, 0.25) is 0 Å². The van der Waals surface area contributed by atoms with Crippen molar-refractivity contribution in [3.05, 3.63) is 58.4 Å². The number of hydrogen-bond acceptors (Lipinski definition) is 5. The number of rotatable bonds is 8. The van der Waals surface area contributed by atoms with Crippen molar-refractivity contribution in [3.63, 3.8) is 0 Å². The highest BCUT2D eigenvalue weighted by Gasteiger charge is 2.23. The van der Waals surface area contributed by atoms with Crippen LogP contribution in [0.4, 0.5) is 4.39 Å². The van der Waals surface area contributed by atoms with Gasteiger partial charge in [-0.05, 0) is 29.8 Å². The van der Waals surface area contributed by atoms with E-state index in [1.807, 2.05) is 12.1 Å². The van der Waals surface area contributed by atoms with Crippen molar-refractivity contribution in [2.24, 2.45) is 0 Å². The van der Waals surface area contributed by atoms with Crippen LogP contribution in [0.2, 0.25) is 5.02 Å². The summed E-state index contributed by atoms with van der Waals surface area (Å²) in [6.45, 7) is 2.28. The molecule has 0 saturated carbocycles. The van der Waals surface area contributed by atoms with E-state index in [2.05, 4.69) is 4.90 Å². The van der Waals surface area contributed by atoms with Crippen LogP contribution in [0.25, 0.3) is 0 Å². The first-order valence-electron chi connectivity index (χ1n) is 9.27. The third-order valence-electron chi connectivity index (χ3n) is 4.79. The predicted octanol–water partition coefficient (Wildman–Crippen LogP) is 3.91. The summed E-state index contributed by atoms with van der Waals surface area (Å²) in [7, 11) is 1.53. The Bertz CT molecular complexity index is 843. The maximum absolute atomic E-state index is 13.9. The van der Waals surface area contributed by atoms with Crippen LogP contribution in [0.1, 0.15) is 23.7 Å². The first kappa shape index (κ1) is 21.4. The van der Waals surface area contributed by atoms with Crippen molar-refractivity contribution in [2.75, 3.05) is 33.4 Å². The van der Waals surface area contributed by atoms with Gasteiger partial charge in [-0.1, -0.05) is 23.7 Å². The summed E-state index contributed by atoms with van der Waals surface area (Å²) >= 11 is 6.05. The van der Waals surface area contributed by atoms with Gasteiger partial charge in [-0.3, -0.25) is 9.69 Å². The predicted molar refractivity (Wildman–Crippen MR) is 106 cm³/mol. The molecule has 1 fully saturated rings. The number of aliphatic carboxylic acids is 1. The summed E-state index contributed by atoms with van der Waals surface area (Å²) in [4.78, 5) is 12.9. The Hall–Kier alpha value is -2.35. The highest BCUT2D eigenvalue weighted by molar-refractivity contribution is 6.31. The smallest absolute Gasteiger partial charge is 0.304 e. The zero-order valence-corrected chi connectivity index (χ0v) is 16.8. The van der Waals surface area contributed by atoms with E-state index in [0.717, 1.165) is 5.56 Å². The van der Waals surface area contributed by atoms with Gasteiger partial charge in [-0.2, -0.15) is 0 Å². The second-order valence-corrected chi connectivity index (χ2v) is 7.11. The number of methoxy groups -OCH3 is 1. The van der Waals surface area contributed by atoms with Crippen LogP contribution in [0.3, 0.4) is 0 Å². The van der Waals surface area contributed by atoms with Gasteiger partial charge in [0.25, 0.3) is 0 Å². The molecular weight excluding hydrogens is 401 g/mol. The molecule has 6 nitrogen and oxygen atoms in total. The maximum Gasteiger partial charge on any atom is 0.304 e. The number of carboxylic acid groups (broad SMARTS) is 1. The Morgan fingerprint density at radius 2 is 2.17 bits per heavy atom. The summed E-state index contributed by atoms with van der Waals surface area (Å²) in [5.74, 6) is -0.272. The van der Waals surface area contributed by atoms with Gasteiger partial charge >= 0.3 is 5.97 Å². The molecule has 1 saturated heterocycles. The van der Waals surface area contributed by atoms with Crippen LogP contribution >= 0.6 is 11.6 Å². The topological polar surface area (TPSA) is 68.2 Å². The Balaban J connectivity index is 1.69. The van der Waals surface area contributed by atoms with Crippen LogP contribution in [-0.2, 0) is 16.1 Å². The van der Waals surface area contributed by atoms with Gasteiger partial charge in [0.05, 0.1) is 31.3 Å². The average Bonchev–Trinajstić information content (AvgIpc) is 2.72. The zero-order valence-electron chi connectivity index (χ0n) is 16.1. The first-order chi connectivity index (χ1) is 14.0. The molecule has 0 bridgehead atoms. The van der Waals surface area contributed by atoms with E-state index in [1.54, 1.807) is 18.2 Å². The summed E-state index contributed by atoms with van der Waals surface area (Å²) < 4.78 is 31.0. The number of morpholine rings is 1. The fourth-order valence-corrected chi connectivity index (χ4v) is 3.40. The number of carboxylic acids is 1. The zero-order chi connectivity index (χ0) is 20.8. The molecule has 2 aromatic rings. The first-order valence-corrected chi connectivity index (χ1v) is 9.65. The number of ether oxygens (including phenoxy) is 3. The fraction of sp³-hybridized carbons (Fsp3) is 0.381. The molecule has 2 aromatic carbocycles. The molecule has 1 aliphatic rings. The second-order valence-electron chi connectivity index (χ2n) is 6.70. The van der Waals surface area contributed by atoms with Crippen LogP contribution in [-0.4, -0.2) is 49.3 Å². The quantitative estimate of drug-likeness (QED) is 0.694. The number of hydrogen-bond donors (Lipinski definition) is 1. The van der Waals surface area contributed by atoms with Crippen molar-refractivity contribution < 1.29 is 28.5 Å². The number of nitrogens with zero attached hydrogens (tertiary/aromatic N) is 1. The molecular formula is C21H23ClFNO5. The minimum Gasteiger partial charge on any atom is -0.493 e. The minimum absolute atomic E-state index is 0.0237. The molecule has 1 heterocycles. The van der Waals surface area contributed by atoms with Gasteiger partial charge in [0.15, 0.2) is 11.5 Å². The Morgan fingerprint density at radius 1 is 1.34 bits per heavy atom. The molecule has 1 unspecified atom stereocenters. The molecule has 0 radical (unpaired) electrons. The van der Waals surface area contributed by atoms with E-state index in [0.29, 0.717) is 42.8 Å². The van der Waals surface area contributed by atoms with Crippen molar-refractivity contribution in [3.8, 4) is 11.5 Å². The molecule has 3 rings (SSSR count). The van der Waals surface area contributed by atoms with Crippen molar-refractivity contribution in [1.29, 1.82) is 0 Å². The summed E-state index contributed by atoms with van der Waals surface area (Å²) in [5.41, 5.74) is 1.18. The number of halogens is 2. The Morgan fingerprint density at radius 3 is 2.90 bits per heavy atom. The lowest BCUT2D eigenvalue weighted by atomic mass is 10.1. The second kappa shape index (κ2) is 9.91. The maximum atomic E-state index is 13.9. The lowest BCUT2D eigenvalue weighted by Gasteiger charge is -2.33. The van der Waals surface area contributed by atoms with Crippen molar-refractivity contribution >= 4 is 17.6 Å². The fourth-order valence-electron chi connectivity index (χ4n) is 3.18. The van der Waals surface area contributed by atoms with Gasteiger partial charge in [-0.25, -0.2) is 4.39 Å². The van der Waals surface area contributed by atoms with Crippen LogP contribution in [0.15, 0.2) is 36.4 Å². The van der Waals surface area contributed by atoms with E-state index in [4.69, 9.17) is 30.9 Å². The van der Waals surface area contributed by atoms with E-state index in [-0.39, 0.29) is 24.7 Å². The molecule has 156 valence electrons. The molecule has 1 atom stereocenters. The average molecular weight is 424 g/mol. The third-order valence-corrected chi connectivity index (χ3v) is 5.14. The molecule has 0 spiro atoms. The summed E-state index contributed by atoms with van der Waals surface area (Å²) in [6, 6.07) is 9.93. The highest BCUT2D eigenvalue weighted by atomic mass is 35.5. The molecule has 8 heteroatoms. The van der Waals surface area contributed by atoms with Gasteiger partial charge in [0, 0.05) is 25.2 Å². The molecule has 1 aliphatic heterocycles. The monoisotopic (exact) mass is 423 g/mol. The SMILES string of the molecule is COc1cc(C2CN(CCC(=O)O)CCO2)ccc1OCc1c(F)cccc1Cl. The van der Waals surface area contributed by atoms with Gasteiger partial charge in [-0.15, -0.1) is 0 Å². The molecule has 0 aliphatic carbocycles. The third kappa shape index (κ3) is 5.59.